The van der Waals surface area contributed by atoms with Gasteiger partial charge in [0.2, 0.25) is 0 Å². The van der Waals surface area contributed by atoms with Crippen molar-refractivity contribution in [1.29, 1.82) is 0 Å². The highest BCUT2D eigenvalue weighted by Crippen LogP contribution is 2.37. The summed E-state index contributed by atoms with van der Waals surface area (Å²) in [7, 11) is 0. The van der Waals surface area contributed by atoms with Crippen LogP contribution >= 0.6 is 15.9 Å². The van der Waals surface area contributed by atoms with Crippen LogP contribution in [0.5, 0.6) is 0 Å². The Morgan fingerprint density at radius 3 is 2.20 bits per heavy atom. The van der Waals surface area contributed by atoms with Crippen molar-refractivity contribution in [3.63, 3.8) is 0 Å². The molecular weight excluding hydrogens is 319 g/mol. The standard InChI is InChI=1S/C16H26BrFN2/c1-5-16(6-2,20(7-3)8-4)15(19)13-11-12(17)9-10-14(13)18/h9-11,15H,5-8,19H2,1-4H3. The van der Waals surface area contributed by atoms with Gasteiger partial charge in [-0.1, -0.05) is 43.6 Å². The van der Waals surface area contributed by atoms with E-state index in [0.717, 1.165) is 30.4 Å². The first-order chi connectivity index (χ1) is 9.46. The molecule has 0 aliphatic carbocycles. The van der Waals surface area contributed by atoms with Gasteiger partial charge in [-0.05, 0) is 44.1 Å². The Balaban J connectivity index is 3.29. The van der Waals surface area contributed by atoms with E-state index in [1.54, 1.807) is 6.07 Å². The highest BCUT2D eigenvalue weighted by atomic mass is 79.9. The van der Waals surface area contributed by atoms with Crippen LogP contribution in [0.3, 0.4) is 0 Å². The van der Waals surface area contributed by atoms with E-state index in [9.17, 15) is 4.39 Å². The molecule has 0 spiro atoms. The zero-order chi connectivity index (χ0) is 15.3. The second kappa shape index (κ2) is 7.53. The van der Waals surface area contributed by atoms with Gasteiger partial charge in [0.25, 0.3) is 0 Å². The Labute approximate surface area is 130 Å². The highest BCUT2D eigenvalue weighted by molar-refractivity contribution is 9.10. The molecule has 0 saturated heterocycles. The minimum absolute atomic E-state index is 0.203. The van der Waals surface area contributed by atoms with E-state index in [-0.39, 0.29) is 17.4 Å². The lowest BCUT2D eigenvalue weighted by Crippen LogP contribution is -2.55. The normalized spacial score (nSPS) is 13.8. The summed E-state index contributed by atoms with van der Waals surface area (Å²) in [5.74, 6) is -0.223. The van der Waals surface area contributed by atoms with Gasteiger partial charge in [-0.25, -0.2) is 4.39 Å². The molecule has 0 aliphatic rings. The van der Waals surface area contributed by atoms with E-state index in [2.05, 4.69) is 48.5 Å². The van der Waals surface area contributed by atoms with E-state index in [4.69, 9.17) is 5.73 Å². The van der Waals surface area contributed by atoms with Crippen LogP contribution in [0.4, 0.5) is 4.39 Å². The molecule has 0 aromatic heterocycles. The Morgan fingerprint density at radius 2 is 1.75 bits per heavy atom. The molecule has 1 aromatic carbocycles. The summed E-state index contributed by atoms with van der Waals surface area (Å²) in [5, 5.41) is 0. The van der Waals surface area contributed by atoms with E-state index in [0.29, 0.717) is 5.56 Å². The van der Waals surface area contributed by atoms with Crippen LogP contribution < -0.4 is 5.73 Å². The van der Waals surface area contributed by atoms with Gasteiger partial charge in [0.05, 0.1) is 6.04 Å². The molecule has 4 heteroatoms. The second-order valence-electron chi connectivity index (χ2n) is 5.13. The third-order valence-electron chi connectivity index (χ3n) is 4.49. The number of rotatable bonds is 7. The molecule has 0 aliphatic heterocycles. The number of likely N-dealkylation sites (N-methyl/N-ethyl adjacent to an activating group) is 1. The molecule has 0 bridgehead atoms. The van der Waals surface area contributed by atoms with Gasteiger partial charge in [-0.15, -0.1) is 0 Å². The van der Waals surface area contributed by atoms with Crippen LogP contribution in [-0.2, 0) is 0 Å². The number of halogens is 2. The maximum Gasteiger partial charge on any atom is 0.128 e. The molecule has 2 N–H and O–H groups in total. The summed E-state index contributed by atoms with van der Waals surface area (Å²) in [6.07, 6.45) is 1.80. The maximum absolute atomic E-state index is 14.2. The lowest BCUT2D eigenvalue weighted by Gasteiger charge is -2.46. The molecule has 0 radical (unpaired) electrons. The van der Waals surface area contributed by atoms with Crippen molar-refractivity contribution in [3.8, 4) is 0 Å². The van der Waals surface area contributed by atoms with Gasteiger partial charge in [0.15, 0.2) is 0 Å². The highest BCUT2D eigenvalue weighted by Gasteiger charge is 2.39. The number of nitrogens with two attached hydrogens (primary N) is 1. The van der Waals surface area contributed by atoms with E-state index in [1.807, 2.05) is 6.07 Å². The lowest BCUT2D eigenvalue weighted by atomic mass is 9.79. The molecule has 0 saturated carbocycles. The molecule has 1 unspecified atom stereocenters. The Morgan fingerprint density at radius 1 is 1.20 bits per heavy atom. The molecule has 114 valence electrons. The SMILES string of the molecule is CCN(CC)C(CC)(CC)C(N)c1cc(Br)ccc1F. The summed E-state index contributed by atoms with van der Waals surface area (Å²) < 4.78 is 15.0. The molecular formula is C16H26BrFN2. The molecule has 0 heterocycles. The minimum atomic E-state index is -0.338. The molecule has 1 atom stereocenters. The van der Waals surface area contributed by atoms with E-state index >= 15 is 0 Å². The lowest BCUT2D eigenvalue weighted by molar-refractivity contribution is 0.0613. The first kappa shape index (κ1) is 17.6. The Bertz CT molecular complexity index is 428. The molecule has 0 fully saturated rings. The van der Waals surface area contributed by atoms with Gasteiger partial charge in [-0.2, -0.15) is 0 Å². The largest absolute Gasteiger partial charge is 0.322 e. The Hall–Kier alpha value is -0.450. The minimum Gasteiger partial charge on any atom is -0.322 e. The summed E-state index contributed by atoms with van der Waals surface area (Å²) >= 11 is 3.41. The zero-order valence-electron chi connectivity index (χ0n) is 12.9. The maximum atomic E-state index is 14.2. The van der Waals surface area contributed by atoms with Crippen molar-refractivity contribution in [1.82, 2.24) is 4.90 Å². The second-order valence-corrected chi connectivity index (χ2v) is 6.04. The van der Waals surface area contributed by atoms with Crippen molar-refractivity contribution in [2.75, 3.05) is 13.1 Å². The van der Waals surface area contributed by atoms with Crippen LogP contribution in [0, 0.1) is 5.82 Å². The fraction of sp³-hybridized carbons (Fsp3) is 0.625. The van der Waals surface area contributed by atoms with Crippen LogP contribution in [0.25, 0.3) is 0 Å². The number of hydrogen-bond acceptors (Lipinski definition) is 2. The van der Waals surface area contributed by atoms with Crippen molar-refractivity contribution in [2.45, 2.75) is 52.1 Å². The van der Waals surface area contributed by atoms with Gasteiger partial charge in [0, 0.05) is 15.6 Å². The van der Waals surface area contributed by atoms with Crippen LogP contribution in [0.1, 0.15) is 52.1 Å². The quantitative estimate of drug-likeness (QED) is 0.789. The third kappa shape index (κ3) is 3.23. The molecule has 1 rings (SSSR count). The van der Waals surface area contributed by atoms with Crippen LogP contribution in [-0.4, -0.2) is 23.5 Å². The van der Waals surface area contributed by atoms with Gasteiger partial charge in [0.1, 0.15) is 5.82 Å². The van der Waals surface area contributed by atoms with Crippen LogP contribution in [0.2, 0.25) is 0 Å². The van der Waals surface area contributed by atoms with E-state index in [1.165, 1.54) is 6.07 Å². The first-order valence-electron chi connectivity index (χ1n) is 7.42. The monoisotopic (exact) mass is 344 g/mol. The first-order valence-corrected chi connectivity index (χ1v) is 8.21. The summed E-state index contributed by atoms with van der Waals surface area (Å²) in [5.41, 5.74) is 6.90. The summed E-state index contributed by atoms with van der Waals surface area (Å²) in [6, 6.07) is 4.67. The van der Waals surface area contributed by atoms with Crippen molar-refractivity contribution in [2.24, 2.45) is 5.73 Å². The molecule has 20 heavy (non-hydrogen) atoms. The topological polar surface area (TPSA) is 29.3 Å². The number of benzene rings is 1. The van der Waals surface area contributed by atoms with Gasteiger partial charge in [-0.3, -0.25) is 4.90 Å². The predicted molar refractivity (Wildman–Crippen MR) is 87.3 cm³/mol. The van der Waals surface area contributed by atoms with E-state index < -0.39 is 0 Å². The average Bonchev–Trinajstić information content (AvgIpc) is 2.46. The molecule has 2 nitrogen and oxygen atoms in total. The third-order valence-corrected chi connectivity index (χ3v) is 4.98. The van der Waals surface area contributed by atoms with Crippen molar-refractivity contribution >= 4 is 15.9 Å². The van der Waals surface area contributed by atoms with Crippen molar-refractivity contribution < 1.29 is 4.39 Å². The van der Waals surface area contributed by atoms with Gasteiger partial charge >= 0.3 is 0 Å². The number of nitrogens with zero attached hydrogens (tertiary/aromatic N) is 1. The number of hydrogen-bond donors (Lipinski definition) is 1. The average molecular weight is 345 g/mol. The predicted octanol–water partition coefficient (Wildman–Crippen LogP) is 4.49. The fourth-order valence-corrected chi connectivity index (χ4v) is 3.61. The zero-order valence-corrected chi connectivity index (χ0v) is 14.5. The fourth-order valence-electron chi connectivity index (χ4n) is 3.23. The molecule has 0 amide bonds. The summed E-state index contributed by atoms with van der Waals surface area (Å²) in [6.45, 7) is 10.4. The van der Waals surface area contributed by atoms with Crippen LogP contribution in [0.15, 0.2) is 22.7 Å². The molecule has 1 aromatic rings. The van der Waals surface area contributed by atoms with Gasteiger partial charge < -0.3 is 5.73 Å². The van der Waals surface area contributed by atoms with Crippen molar-refractivity contribution in [3.05, 3.63) is 34.1 Å². The Kier molecular flexibility index (Phi) is 6.62. The smallest absolute Gasteiger partial charge is 0.128 e. The summed E-state index contributed by atoms with van der Waals surface area (Å²) in [4.78, 5) is 2.36.